The van der Waals surface area contributed by atoms with E-state index in [9.17, 15) is 15.0 Å². The van der Waals surface area contributed by atoms with Gasteiger partial charge in [0, 0.05) is 25.5 Å². The minimum atomic E-state index is -1.09. The van der Waals surface area contributed by atoms with Crippen LogP contribution in [0.3, 0.4) is 0 Å². The van der Waals surface area contributed by atoms with Crippen molar-refractivity contribution in [2.24, 2.45) is 5.92 Å². The van der Waals surface area contributed by atoms with Crippen LogP contribution in [0.4, 0.5) is 0 Å². The van der Waals surface area contributed by atoms with E-state index in [0.717, 1.165) is 25.7 Å². The van der Waals surface area contributed by atoms with E-state index in [-0.39, 0.29) is 18.4 Å². The molecule has 1 aliphatic heterocycles. The van der Waals surface area contributed by atoms with Crippen molar-refractivity contribution in [3.8, 4) is 0 Å². The lowest BCUT2D eigenvalue weighted by Crippen LogP contribution is -2.55. The van der Waals surface area contributed by atoms with E-state index in [0.29, 0.717) is 19.6 Å². The molecule has 0 aromatic carbocycles. The zero-order valence-electron chi connectivity index (χ0n) is 14.1. The van der Waals surface area contributed by atoms with Crippen LogP contribution in [0.5, 0.6) is 0 Å². The summed E-state index contributed by atoms with van der Waals surface area (Å²) in [4.78, 5) is 11.1. The third-order valence-electron chi connectivity index (χ3n) is 4.18. The van der Waals surface area contributed by atoms with Gasteiger partial charge in [0.15, 0.2) is 6.29 Å². The molecule has 7 heteroatoms. The van der Waals surface area contributed by atoms with Crippen molar-refractivity contribution in [3.05, 3.63) is 0 Å². The van der Waals surface area contributed by atoms with Gasteiger partial charge in [-0.1, -0.05) is 26.7 Å². The average Bonchev–Trinajstić information content (AvgIpc) is 2.56. The molecule has 1 aliphatic rings. The third-order valence-corrected chi connectivity index (χ3v) is 4.18. The van der Waals surface area contributed by atoms with Crippen LogP contribution in [-0.2, 0) is 14.3 Å². The lowest BCUT2D eigenvalue weighted by atomic mass is 9.92. The highest BCUT2D eigenvalue weighted by Crippen LogP contribution is 2.26. The first-order valence-corrected chi connectivity index (χ1v) is 8.52. The molecule has 1 heterocycles. The van der Waals surface area contributed by atoms with Crippen molar-refractivity contribution in [2.45, 2.75) is 70.6 Å². The van der Waals surface area contributed by atoms with Crippen LogP contribution < -0.4 is 5.32 Å². The lowest BCUT2D eigenvalue weighted by Gasteiger charge is -2.40. The van der Waals surface area contributed by atoms with Crippen molar-refractivity contribution >= 4 is 5.91 Å². The van der Waals surface area contributed by atoms with Crippen LogP contribution in [0.1, 0.15) is 46.0 Å². The monoisotopic (exact) mass is 333 g/mol. The fourth-order valence-corrected chi connectivity index (χ4v) is 2.54. The Morgan fingerprint density at radius 3 is 2.52 bits per heavy atom. The van der Waals surface area contributed by atoms with E-state index < -0.39 is 24.6 Å². The topological polar surface area (TPSA) is 108 Å². The largest absolute Gasteiger partial charge is 0.394 e. The summed E-state index contributed by atoms with van der Waals surface area (Å²) in [7, 11) is 0. The Bertz CT molecular complexity index is 339. The lowest BCUT2D eigenvalue weighted by molar-refractivity contribution is -0.282. The van der Waals surface area contributed by atoms with Crippen molar-refractivity contribution < 1.29 is 29.6 Å². The minimum absolute atomic E-state index is 0.0796. The number of hydrogen-bond acceptors (Lipinski definition) is 6. The second-order valence-electron chi connectivity index (χ2n) is 6.05. The number of ether oxygens (including phenoxy) is 2. The summed E-state index contributed by atoms with van der Waals surface area (Å²) in [5.74, 6) is -0.270. The highest BCUT2D eigenvalue weighted by molar-refractivity contribution is 5.75. The van der Waals surface area contributed by atoms with Crippen molar-refractivity contribution in [1.82, 2.24) is 5.32 Å². The molecular formula is C16H31NO6. The quantitative estimate of drug-likeness (QED) is 0.424. The van der Waals surface area contributed by atoms with Crippen LogP contribution in [-0.4, -0.2) is 65.6 Å². The van der Waals surface area contributed by atoms with Crippen LogP contribution >= 0.6 is 0 Å². The Kier molecular flexibility index (Phi) is 9.66. The molecule has 7 nitrogen and oxygen atoms in total. The average molecular weight is 333 g/mol. The summed E-state index contributed by atoms with van der Waals surface area (Å²) in [5, 5.41) is 31.7. The maximum atomic E-state index is 11.1. The maximum absolute atomic E-state index is 11.1. The van der Waals surface area contributed by atoms with Crippen LogP contribution in [0.25, 0.3) is 0 Å². The van der Waals surface area contributed by atoms with E-state index in [1.165, 1.54) is 0 Å². The van der Waals surface area contributed by atoms with E-state index in [1.807, 2.05) is 6.92 Å². The summed E-state index contributed by atoms with van der Waals surface area (Å²) < 4.78 is 11.1. The molecule has 5 unspecified atom stereocenters. The highest BCUT2D eigenvalue weighted by atomic mass is 16.7. The molecule has 1 saturated heterocycles. The van der Waals surface area contributed by atoms with Gasteiger partial charge in [0.05, 0.1) is 12.7 Å². The number of aliphatic hydroxyl groups is 3. The zero-order valence-corrected chi connectivity index (χ0v) is 14.1. The van der Waals surface area contributed by atoms with Crippen LogP contribution in [0.2, 0.25) is 0 Å². The van der Waals surface area contributed by atoms with Gasteiger partial charge in [0.1, 0.15) is 12.2 Å². The molecule has 1 rings (SSSR count). The Labute approximate surface area is 138 Å². The predicted octanol–water partition coefficient (Wildman–Crippen LogP) is 0.165. The Morgan fingerprint density at radius 2 is 1.87 bits per heavy atom. The van der Waals surface area contributed by atoms with Gasteiger partial charge in [-0.05, 0) is 12.8 Å². The first kappa shape index (κ1) is 20.3. The first-order chi connectivity index (χ1) is 11.0. The summed E-state index contributed by atoms with van der Waals surface area (Å²) in [6.45, 7) is 4.44. The van der Waals surface area contributed by atoms with Gasteiger partial charge in [0.25, 0.3) is 0 Å². The summed E-state index contributed by atoms with van der Waals surface area (Å²) in [6, 6.07) is 0. The number of aliphatic hydroxyl groups excluding tert-OH is 3. The fraction of sp³-hybridized carbons (Fsp3) is 0.938. The molecule has 1 amide bonds. The molecule has 0 radical (unpaired) electrons. The fourth-order valence-electron chi connectivity index (χ4n) is 2.54. The molecule has 1 fully saturated rings. The van der Waals surface area contributed by atoms with Gasteiger partial charge in [-0.2, -0.15) is 0 Å². The number of carbonyl (C=O) groups is 1. The highest BCUT2D eigenvalue weighted by Gasteiger charge is 2.42. The number of amides is 1. The summed E-state index contributed by atoms with van der Waals surface area (Å²) in [6.07, 6.45) is 0.829. The molecule has 0 bridgehead atoms. The predicted molar refractivity (Wildman–Crippen MR) is 84.6 cm³/mol. The Morgan fingerprint density at radius 1 is 1.17 bits per heavy atom. The molecule has 136 valence electrons. The number of nitrogens with one attached hydrogen (secondary N) is 1. The first-order valence-electron chi connectivity index (χ1n) is 8.52. The Balaban J connectivity index is 2.12. The number of carbonyl (C=O) groups excluding carboxylic acids is 1. The minimum Gasteiger partial charge on any atom is -0.394 e. The molecule has 0 aromatic rings. The van der Waals surface area contributed by atoms with E-state index in [2.05, 4.69) is 5.32 Å². The molecule has 0 aliphatic carbocycles. The molecule has 23 heavy (non-hydrogen) atoms. The molecule has 0 spiro atoms. The van der Waals surface area contributed by atoms with Crippen molar-refractivity contribution in [1.29, 1.82) is 0 Å². The van der Waals surface area contributed by atoms with Crippen LogP contribution in [0.15, 0.2) is 0 Å². The molecule has 4 N–H and O–H groups in total. The molecular weight excluding hydrogens is 302 g/mol. The van der Waals surface area contributed by atoms with E-state index in [1.54, 1.807) is 6.92 Å². The van der Waals surface area contributed by atoms with Crippen molar-refractivity contribution in [2.75, 3.05) is 19.8 Å². The second kappa shape index (κ2) is 10.9. The van der Waals surface area contributed by atoms with Gasteiger partial charge in [-0.15, -0.1) is 0 Å². The standard InChI is InChI=1S/C16H31NO6/c1-3-13(19)17-8-6-4-5-7-9-22-16-11(2)14(20)15(21)12(10-18)23-16/h11-12,14-16,18,20-21H,3-10H2,1-2H3,(H,17,19). The van der Waals surface area contributed by atoms with Gasteiger partial charge in [-0.25, -0.2) is 0 Å². The number of rotatable bonds is 10. The number of hydrogen-bond donors (Lipinski definition) is 4. The summed E-state index contributed by atoms with van der Waals surface area (Å²) >= 11 is 0. The van der Waals surface area contributed by atoms with E-state index >= 15 is 0 Å². The van der Waals surface area contributed by atoms with Gasteiger partial charge >= 0.3 is 0 Å². The molecule has 5 atom stereocenters. The van der Waals surface area contributed by atoms with Crippen LogP contribution in [0, 0.1) is 5.92 Å². The molecule has 0 saturated carbocycles. The normalized spacial score (nSPS) is 31.1. The van der Waals surface area contributed by atoms with E-state index in [4.69, 9.17) is 14.6 Å². The second-order valence-corrected chi connectivity index (χ2v) is 6.05. The van der Waals surface area contributed by atoms with Gasteiger partial charge < -0.3 is 30.1 Å². The number of unbranched alkanes of at least 4 members (excludes halogenated alkanes) is 3. The van der Waals surface area contributed by atoms with Crippen molar-refractivity contribution in [3.63, 3.8) is 0 Å². The van der Waals surface area contributed by atoms with Gasteiger partial charge in [0.2, 0.25) is 5.91 Å². The third kappa shape index (κ3) is 6.73. The smallest absolute Gasteiger partial charge is 0.219 e. The molecule has 0 aromatic heterocycles. The summed E-state index contributed by atoms with van der Waals surface area (Å²) in [5.41, 5.74) is 0. The Hall–Kier alpha value is -0.730. The van der Waals surface area contributed by atoms with Gasteiger partial charge in [-0.3, -0.25) is 4.79 Å². The zero-order chi connectivity index (χ0) is 17.2. The SMILES string of the molecule is CCC(=O)NCCCCCCOC1OC(CO)C(O)C(O)C1C. The maximum Gasteiger partial charge on any atom is 0.219 e.